The van der Waals surface area contributed by atoms with E-state index in [0.717, 1.165) is 6.92 Å². The van der Waals surface area contributed by atoms with Crippen LogP contribution in [-0.4, -0.2) is 75.7 Å². The van der Waals surface area contributed by atoms with Gasteiger partial charge >= 0.3 is 17.9 Å². The lowest BCUT2D eigenvalue weighted by Gasteiger charge is -2.18. The van der Waals surface area contributed by atoms with Crippen molar-refractivity contribution in [2.75, 3.05) is 18.6 Å². The van der Waals surface area contributed by atoms with Gasteiger partial charge in [0.25, 0.3) is 0 Å². The minimum Gasteiger partial charge on any atom is -0.507 e. The number of carbonyl (C=O) groups is 5. The van der Waals surface area contributed by atoms with Crippen LogP contribution >= 0.6 is 11.8 Å². The summed E-state index contributed by atoms with van der Waals surface area (Å²) >= 11 is 1.25. The van der Waals surface area contributed by atoms with E-state index in [9.17, 15) is 34.2 Å². The molecule has 0 unspecified atom stereocenters. The zero-order valence-corrected chi connectivity index (χ0v) is 21.7. The van der Waals surface area contributed by atoms with Crippen molar-refractivity contribution in [2.24, 2.45) is 5.73 Å². The van der Waals surface area contributed by atoms with Crippen LogP contribution in [0.4, 0.5) is 0 Å². The number of esters is 2. The van der Waals surface area contributed by atoms with Crippen LogP contribution in [0, 0.1) is 6.92 Å². The fraction of sp³-hybridized carbons (Fsp3) is 0.375. The fourth-order valence-electron chi connectivity index (χ4n) is 3.40. The van der Waals surface area contributed by atoms with Crippen molar-refractivity contribution in [3.8, 4) is 23.0 Å². The number of carbonyl (C=O) groups excluding carboxylic acids is 4. The number of hydrogen-bond acceptors (Lipinski definition) is 11. The summed E-state index contributed by atoms with van der Waals surface area (Å²) in [6.45, 7) is 1.91. The van der Waals surface area contributed by atoms with Crippen LogP contribution in [0.25, 0.3) is 10.8 Å². The fourth-order valence-corrected chi connectivity index (χ4v) is 3.96. The molecule has 0 fully saturated rings. The number of carboxylic acids is 1. The molecule has 2 aromatic carbocycles. The summed E-state index contributed by atoms with van der Waals surface area (Å²) in [6.07, 6.45) is 1.36. The molecule has 0 spiro atoms. The number of fused-ring (bicyclic) bond motifs is 1. The molecule has 0 saturated heterocycles. The van der Waals surface area contributed by atoms with E-state index in [2.05, 4.69) is 10.6 Å². The summed E-state index contributed by atoms with van der Waals surface area (Å²) in [5.74, 6) is -5.38. The van der Waals surface area contributed by atoms with Crippen molar-refractivity contribution >= 4 is 52.3 Å². The molecule has 2 aromatic rings. The second-order valence-corrected chi connectivity index (χ2v) is 9.09. The minimum absolute atomic E-state index is 0.0294. The van der Waals surface area contributed by atoms with Gasteiger partial charge in [0.05, 0.1) is 5.39 Å². The van der Waals surface area contributed by atoms with E-state index in [1.807, 2.05) is 0 Å². The summed E-state index contributed by atoms with van der Waals surface area (Å²) in [5, 5.41) is 35.1. The Kier molecular flexibility index (Phi) is 10.7. The molecule has 38 heavy (non-hydrogen) atoms. The second-order valence-electron chi connectivity index (χ2n) is 8.17. The first-order valence-electron chi connectivity index (χ1n) is 11.3. The van der Waals surface area contributed by atoms with Gasteiger partial charge in [0, 0.05) is 30.0 Å². The van der Waals surface area contributed by atoms with E-state index in [1.165, 1.54) is 36.9 Å². The quantitative estimate of drug-likeness (QED) is 0.121. The molecule has 0 saturated carbocycles. The van der Waals surface area contributed by atoms with Gasteiger partial charge in [0.2, 0.25) is 11.8 Å². The molecule has 7 N–H and O–H groups in total. The highest BCUT2D eigenvalue weighted by Crippen LogP contribution is 2.47. The zero-order chi connectivity index (χ0) is 28.6. The predicted molar refractivity (Wildman–Crippen MR) is 137 cm³/mol. The smallest absolute Gasteiger partial charge is 0.330 e. The van der Waals surface area contributed by atoms with Crippen LogP contribution in [-0.2, 0) is 24.0 Å². The van der Waals surface area contributed by atoms with E-state index in [1.54, 1.807) is 6.26 Å². The van der Waals surface area contributed by atoms with Crippen molar-refractivity contribution in [2.45, 2.75) is 38.8 Å². The number of ether oxygens (including phenoxy) is 2. The van der Waals surface area contributed by atoms with Crippen LogP contribution in [0.5, 0.6) is 23.0 Å². The number of aliphatic carboxylic acids is 1. The van der Waals surface area contributed by atoms with Gasteiger partial charge in [0.1, 0.15) is 30.1 Å². The average molecular weight is 552 g/mol. The first-order valence-corrected chi connectivity index (χ1v) is 12.7. The summed E-state index contributed by atoms with van der Waals surface area (Å²) in [7, 11) is 0. The van der Waals surface area contributed by atoms with Gasteiger partial charge in [-0.2, -0.15) is 11.8 Å². The molecular weight excluding hydrogens is 522 g/mol. The van der Waals surface area contributed by atoms with Gasteiger partial charge < -0.3 is 41.2 Å². The number of nitrogens with one attached hydrogen (secondary N) is 2. The number of amides is 2. The van der Waals surface area contributed by atoms with Crippen LogP contribution < -0.4 is 25.8 Å². The highest BCUT2D eigenvalue weighted by Gasteiger charge is 2.25. The van der Waals surface area contributed by atoms with Gasteiger partial charge in [-0.05, 0) is 25.7 Å². The van der Waals surface area contributed by atoms with Crippen LogP contribution in [0.3, 0.4) is 0 Å². The van der Waals surface area contributed by atoms with E-state index >= 15 is 0 Å². The molecule has 206 valence electrons. The average Bonchev–Trinajstić information content (AvgIpc) is 2.86. The van der Waals surface area contributed by atoms with Gasteiger partial charge in [-0.1, -0.05) is 12.1 Å². The largest absolute Gasteiger partial charge is 0.507 e. The minimum atomic E-state index is -1.25. The molecule has 0 bridgehead atoms. The van der Waals surface area contributed by atoms with Crippen LogP contribution in [0.2, 0.25) is 0 Å². The number of aromatic hydroxyl groups is 2. The maximum Gasteiger partial charge on any atom is 0.330 e. The lowest BCUT2D eigenvalue weighted by Crippen LogP contribution is -2.49. The summed E-state index contributed by atoms with van der Waals surface area (Å²) in [6, 6.07) is 2.12. The highest BCUT2D eigenvalue weighted by atomic mass is 32.2. The van der Waals surface area contributed by atoms with Crippen molar-refractivity contribution in [1.29, 1.82) is 0 Å². The number of benzene rings is 2. The number of phenolic OH excluding ortho intramolecular Hbond substituents is 2. The van der Waals surface area contributed by atoms with Gasteiger partial charge in [-0.3, -0.25) is 19.2 Å². The molecular formula is C24H29N3O10S. The highest BCUT2D eigenvalue weighted by molar-refractivity contribution is 7.98. The normalized spacial score (nSPS) is 12.3. The number of carboxylic acid groups (broad SMARTS) is 1. The number of nitrogens with two attached hydrogens (primary N) is 1. The van der Waals surface area contributed by atoms with Crippen LogP contribution in [0.1, 0.15) is 25.3 Å². The Morgan fingerprint density at radius 2 is 1.79 bits per heavy atom. The van der Waals surface area contributed by atoms with Gasteiger partial charge in [-0.15, -0.1) is 0 Å². The number of phenols is 2. The third-order valence-electron chi connectivity index (χ3n) is 5.29. The van der Waals surface area contributed by atoms with E-state index in [0.29, 0.717) is 0 Å². The van der Waals surface area contributed by atoms with E-state index in [-0.39, 0.29) is 46.4 Å². The van der Waals surface area contributed by atoms with Crippen molar-refractivity contribution in [3.05, 3.63) is 23.8 Å². The summed E-state index contributed by atoms with van der Waals surface area (Å²) in [4.78, 5) is 59.4. The number of thioether (sulfide) groups is 1. The van der Waals surface area contributed by atoms with Crippen molar-refractivity contribution in [3.63, 3.8) is 0 Å². The number of hydrogen-bond donors (Lipinski definition) is 6. The lowest BCUT2D eigenvalue weighted by atomic mass is 10.0. The molecule has 0 aliphatic carbocycles. The van der Waals surface area contributed by atoms with Crippen LogP contribution in [0.15, 0.2) is 18.2 Å². The molecule has 0 aliphatic rings. The maximum absolute atomic E-state index is 12.6. The SMILES string of the molecule is CSC[C@H](NC(=O)CC[C@H](N)C(=O)O)C(=O)NCC(=O)Oc1c(C)c(O)c2cccc(OC(C)=O)c2c1O. The van der Waals surface area contributed by atoms with Crippen molar-refractivity contribution in [1.82, 2.24) is 10.6 Å². The molecule has 2 rings (SSSR count). The molecule has 14 heteroatoms. The second kappa shape index (κ2) is 13.5. The Hall–Kier alpha value is -4.04. The van der Waals surface area contributed by atoms with E-state index in [4.69, 9.17) is 20.3 Å². The summed E-state index contributed by atoms with van der Waals surface area (Å²) < 4.78 is 10.3. The molecule has 0 heterocycles. The van der Waals surface area contributed by atoms with Gasteiger partial charge in [-0.25, -0.2) is 4.79 Å². The first kappa shape index (κ1) is 30.2. The maximum atomic E-state index is 12.6. The zero-order valence-electron chi connectivity index (χ0n) is 20.9. The predicted octanol–water partition coefficient (Wildman–Crippen LogP) is 0.546. The molecule has 0 aliphatic heterocycles. The molecule has 0 aromatic heterocycles. The standard InChI is InChI=1S/C24H29N3O10S/c1-11-20(31)13-5-4-6-16(36-12(2)28)19(13)21(32)22(11)37-18(30)9-26-23(33)15(10-38-3)27-17(29)8-7-14(25)24(34)35/h4-6,14-15,31-32H,7-10,25H2,1-3H3,(H,26,33)(H,27,29)(H,34,35)/t14-,15-/m0/s1. The Bertz CT molecular complexity index is 1250. The molecule has 13 nitrogen and oxygen atoms in total. The Labute approximate surface area is 221 Å². The summed E-state index contributed by atoms with van der Waals surface area (Å²) in [5.41, 5.74) is 5.41. The van der Waals surface area contributed by atoms with Gasteiger partial charge in [0.15, 0.2) is 11.5 Å². The molecule has 2 atom stereocenters. The monoisotopic (exact) mass is 551 g/mol. The van der Waals surface area contributed by atoms with Crippen molar-refractivity contribution < 1.29 is 48.8 Å². The number of rotatable bonds is 12. The Morgan fingerprint density at radius 3 is 2.39 bits per heavy atom. The third kappa shape index (κ3) is 7.73. The Balaban J connectivity index is 2.12. The lowest BCUT2D eigenvalue weighted by molar-refractivity contribution is -0.139. The molecule has 2 amide bonds. The molecule has 0 radical (unpaired) electrons. The Morgan fingerprint density at radius 1 is 1.11 bits per heavy atom. The van der Waals surface area contributed by atoms with E-state index < -0.39 is 59.8 Å². The first-order chi connectivity index (χ1) is 17.9. The topological polar surface area (TPSA) is 215 Å². The third-order valence-corrected chi connectivity index (χ3v) is 5.96.